The second-order valence-electron chi connectivity index (χ2n) is 4.53. The summed E-state index contributed by atoms with van der Waals surface area (Å²) < 4.78 is 5.26. The van der Waals surface area contributed by atoms with E-state index in [1.807, 2.05) is 30.3 Å². The second-order valence-corrected chi connectivity index (χ2v) is 4.53. The van der Waals surface area contributed by atoms with Crippen LogP contribution in [0.5, 0.6) is 5.75 Å². The van der Waals surface area contributed by atoms with Crippen LogP contribution < -0.4 is 4.74 Å². The molecule has 0 aliphatic carbocycles. The number of Topliss-reactive ketones (excluding diaryl/α,β-unsaturated/α-hetero) is 1. The number of carbonyl (C=O) groups excluding carboxylic acids is 1. The first-order valence-corrected chi connectivity index (χ1v) is 6.44. The van der Waals surface area contributed by atoms with Gasteiger partial charge in [-0.05, 0) is 23.3 Å². The van der Waals surface area contributed by atoms with Gasteiger partial charge in [-0.15, -0.1) is 0 Å². The van der Waals surface area contributed by atoms with E-state index < -0.39 is 5.97 Å². The molecule has 0 fully saturated rings. The number of carbonyl (C=O) groups is 2. The molecule has 0 aromatic heterocycles. The Kier molecular flexibility index (Phi) is 4.35. The van der Waals surface area contributed by atoms with Crippen molar-refractivity contribution >= 4 is 22.5 Å². The van der Waals surface area contributed by atoms with E-state index in [1.165, 1.54) is 7.11 Å². The van der Waals surface area contributed by atoms with E-state index in [9.17, 15) is 9.59 Å². The molecule has 1 N–H and O–H groups in total. The number of carboxylic acids is 1. The van der Waals surface area contributed by atoms with Crippen molar-refractivity contribution < 1.29 is 19.4 Å². The van der Waals surface area contributed by atoms with Crippen molar-refractivity contribution in [2.75, 3.05) is 7.11 Å². The van der Waals surface area contributed by atoms with Gasteiger partial charge in [-0.3, -0.25) is 9.59 Å². The SMILES string of the molecule is COc1ccc2ccccc2c1C(=O)CCCC(=O)O. The molecule has 2 rings (SSSR count). The Morgan fingerprint density at radius 1 is 1.10 bits per heavy atom. The first-order chi connectivity index (χ1) is 9.63. The Morgan fingerprint density at radius 3 is 2.55 bits per heavy atom. The summed E-state index contributed by atoms with van der Waals surface area (Å²) in [7, 11) is 1.53. The summed E-state index contributed by atoms with van der Waals surface area (Å²) in [5, 5.41) is 10.4. The summed E-state index contributed by atoms with van der Waals surface area (Å²) in [4.78, 5) is 22.9. The fourth-order valence-corrected chi connectivity index (χ4v) is 2.23. The first kappa shape index (κ1) is 14.1. The summed E-state index contributed by atoms with van der Waals surface area (Å²) in [6, 6.07) is 11.3. The monoisotopic (exact) mass is 272 g/mol. The lowest BCUT2D eigenvalue weighted by molar-refractivity contribution is -0.137. The van der Waals surface area contributed by atoms with E-state index in [1.54, 1.807) is 6.07 Å². The lowest BCUT2D eigenvalue weighted by Gasteiger charge is -2.11. The van der Waals surface area contributed by atoms with Crippen LogP contribution in [0.4, 0.5) is 0 Å². The maximum Gasteiger partial charge on any atom is 0.303 e. The number of rotatable bonds is 6. The van der Waals surface area contributed by atoms with Crippen molar-refractivity contribution in [3.05, 3.63) is 42.0 Å². The van der Waals surface area contributed by atoms with Gasteiger partial charge in [0.2, 0.25) is 0 Å². The van der Waals surface area contributed by atoms with Gasteiger partial charge in [0.15, 0.2) is 5.78 Å². The molecule has 0 unspecified atom stereocenters. The molecule has 0 spiro atoms. The van der Waals surface area contributed by atoms with Gasteiger partial charge in [0.05, 0.1) is 12.7 Å². The Labute approximate surface area is 117 Å². The molecule has 104 valence electrons. The van der Waals surface area contributed by atoms with Crippen molar-refractivity contribution in [2.45, 2.75) is 19.3 Å². The van der Waals surface area contributed by atoms with Crippen molar-refractivity contribution in [1.82, 2.24) is 0 Å². The highest BCUT2D eigenvalue weighted by atomic mass is 16.5. The standard InChI is InChI=1S/C16H16O4/c1-20-14-10-9-11-5-2-3-6-12(11)16(14)13(17)7-4-8-15(18)19/h2-3,5-6,9-10H,4,7-8H2,1H3,(H,18,19). The van der Waals surface area contributed by atoms with E-state index in [-0.39, 0.29) is 18.6 Å². The minimum Gasteiger partial charge on any atom is -0.496 e. The average Bonchev–Trinajstić information content (AvgIpc) is 2.45. The number of methoxy groups -OCH3 is 1. The van der Waals surface area contributed by atoms with Gasteiger partial charge < -0.3 is 9.84 Å². The third-order valence-electron chi connectivity index (χ3n) is 3.18. The van der Waals surface area contributed by atoms with Crippen molar-refractivity contribution in [2.24, 2.45) is 0 Å². The molecule has 4 heteroatoms. The summed E-state index contributed by atoms with van der Waals surface area (Å²) in [6.45, 7) is 0. The lowest BCUT2D eigenvalue weighted by Crippen LogP contribution is -2.05. The van der Waals surface area contributed by atoms with E-state index in [0.717, 1.165) is 10.8 Å². The minimum atomic E-state index is -0.886. The van der Waals surface area contributed by atoms with E-state index >= 15 is 0 Å². The van der Waals surface area contributed by atoms with Crippen LogP contribution in [-0.2, 0) is 4.79 Å². The largest absolute Gasteiger partial charge is 0.496 e. The van der Waals surface area contributed by atoms with Gasteiger partial charge >= 0.3 is 5.97 Å². The molecule has 2 aromatic rings. The molecule has 0 saturated heterocycles. The molecule has 0 saturated carbocycles. The third kappa shape index (κ3) is 2.96. The number of carboxylic acid groups (broad SMARTS) is 1. The second kappa shape index (κ2) is 6.19. The van der Waals surface area contributed by atoms with Crippen LogP contribution in [0.2, 0.25) is 0 Å². The zero-order valence-corrected chi connectivity index (χ0v) is 11.3. The van der Waals surface area contributed by atoms with Gasteiger partial charge in [0, 0.05) is 12.8 Å². The Hall–Kier alpha value is -2.36. The molecule has 2 aromatic carbocycles. The molecule has 4 nitrogen and oxygen atoms in total. The highest BCUT2D eigenvalue weighted by Crippen LogP contribution is 2.29. The highest BCUT2D eigenvalue weighted by molar-refractivity contribution is 6.10. The Bertz CT molecular complexity index is 646. The van der Waals surface area contributed by atoms with Gasteiger partial charge in [-0.2, -0.15) is 0 Å². The number of hydrogen-bond acceptors (Lipinski definition) is 3. The Balaban J connectivity index is 2.35. The van der Waals surface area contributed by atoms with Crippen LogP contribution in [0, 0.1) is 0 Å². The lowest BCUT2D eigenvalue weighted by atomic mass is 9.97. The predicted octanol–water partition coefficient (Wildman–Crippen LogP) is 3.29. The number of fused-ring (bicyclic) bond motifs is 1. The zero-order valence-electron chi connectivity index (χ0n) is 11.3. The molecule has 0 atom stereocenters. The molecule has 0 bridgehead atoms. The minimum absolute atomic E-state index is 0.00117. The summed E-state index contributed by atoms with van der Waals surface area (Å²) >= 11 is 0. The number of ketones is 1. The normalized spacial score (nSPS) is 10.4. The molecular formula is C16H16O4. The molecule has 0 radical (unpaired) electrons. The maximum atomic E-state index is 12.3. The molecule has 20 heavy (non-hydrogen) atoms. The average molecular weight is 272 g/mol. The summed E-state index contributed by atoms with van der Waals surface area (Å²) in [6.07, 6.45) is 0.538. The van der Waals surface area contributed by atoms with Crippen molar-refractivity contribution in [3.8, 4) is 5.75 Å². The Morgan fingerprint density at radius 2 is 1.85 bits per heavy atom. The molecule has 0 heterocycles. The third-order valence-corrected chi connectivity index (χ3v) is 3.18. The van der Waals surface area contributed by atoms with Gasteiger partial charge in [-0.25, -0.2) is 0 Å². The van der Waals surface area contributed by atoms with Crippen LogP contribution in [0.25, 0.3) is 10.8 Å². The number of benzene rings is 2. The topological polar surface area (TPSA) is 63.6 Å². The van der Waals surface area contributed by atoms with E-state index in [0.29, 0.717) is 17.7 Å². The van der Waals surface area contributed by atoms with Crippen LogP contribution >= 0.6 is 0 Å². The molecule has 0 amide bonds. The predicted molar refractivity (Wildman–Crippen MR) is 76.3 cm³/mol. The van der Waals surface area contributed by atoms with E-state index in [2.05, 4.69) is 0 Å². The van der Waals surface area contributed by atoms with Crippen LogP contribution in [0.1, 0.15) is 29.6 Å². The zero-order chi connectivity index (χ0) is 14.5. The summed E-state index contributed by atoms with van der Waals surface area (Å²) in [5.74, 6) is -0.438. The van der Waals surface area contributed by atoms with Gasteiger partial charge in [0.1, 0.15) is 5.75 Å². The van der Waals surface area contributed by atoms with E-state index in [4.69, 9.17) is 9.84 Å². The van der Waals surface area contributed by atoms with Crippen LogP contribution in [0.3, 0.4) is 0 Å². The molecular weight excluding hydrogens is 256 g/mol. The van der Waals surface area contributed by atoms with Crippen LogP contribution in [0.15, 0.2) is 36.4 Å². The maximum absolute atomic E-state index is 12.3. The summed E-state index contributed by atoms with van der Waals surface area (Å²) in [5.41, 5.74) is 0.538. The van der Waals surface area contributed by atoms with Gasteiger partial charge in [0.25, 0.3) is 0 Å². The number of ether oxygens (including phenoxy) is 1. The highest BCUT2D eigenvalue weighted by Gasteiger charge is 2.16. The first-order valence-electron chi connectivity index (χ1n) is 6.44. The van der Waals surface area contributed by atoms with Crippen LogP contribution in [-0.4, -0.2) is 24.0 Å². The van der Waals surface area contributed by atoms with Gasteiger partial charge in [-0.1, -0.05) is 30.3 Å². The fraction of sp³-hybridized carbons (Fsp3) is 0.250. The molecule has 0 aliphatic rings. The quantitative estimate of drug-likeness (QED) is 0.819. The van der Waals surface area contributed by atoms with Crippen molar-refractivity contribution in [1.29, 1.82) is 0 Å². The number of hydrogen-bond donors (Lipinski definition) is 1. The smallest absolute Gasteiger partial charge is 0.303 e. The van der Waals surface area contributed by atoms with Crippen molar-refractivity contribution in [3.63, 3.8) is 0 Å². The molecule has 0 aliphatic heterocycles. The number of aliphatic carboxylic acids is 1. The fourth-order valence-electron chi connectivity index (χ4n) is 2.23.